The lowest BCUT2D eigenvalue weighted by Gasteiger charge is -2.45. The van der Waals surface area contributed by atoms with Crippen LogP contribution in [0.2, 0.25) is 0 Å². The Kier molecular flexibility index (Phi) is 7.70. The predicted molar refractivity (Wildman–Crippen MR) is 199 cm³/mol. The number of hydrazine groups is 2. The molecule has 2 N–H and O–H groups in total. The summed E-state index contributed by atoms with van der Waals surface area (Å²) < 4.78 is 12.8. The summed E-state index contributed by atoms with van der Waals surface area (Å²) in [5, 5.41) is 9.35. The molecule has 1 aliphatic carbocycles. The van der Waals surface area contributed by atoms with E-state index in [4.69, 9.17) is 14.6 Å². The molecule has 0 unspecified atom stereocenters. The molecular formula is C42H38N6O3. The molecular weight excluding hydrogens is 637 g/mol. The van der Waals surface area contributed by atoms with E-state index in [2.05, 4.69) is 118 Å². The first kappa shape index (κ1) is 31.0. The molecule has 0 amide bonds. The first-order valence-corrected chi connectivity index (χ1v) is 17.4. The third kappa shape index (κ3) is 5.03. The standard InChI is InChI=1S/C42H38N6O3/c1-50-34-19-17-29(18-20-34)28-46-36-22-21-35-38(41(49)47(44-35)33-23-25-51-26-24-33)40-39(36)37(27-43-46)48(45-40)42(30-11-5-2-6-12-30,31-13-7-3-8-14-31)32-15-9-4-10-16-32/h2-22,27,33,43,45H,23-26,28H2,1H3. The fraction of sp³-hybridized carbons (Fsp3) is 0.190. The van der Waals surface area contributed by atoms with Gasteiger partial charge in [-0.2, -0.15) is 5.10 Å². The van der Waals surface area contributed by atoms with Crippen molar-refractivity contribution in [2.24, 2.45) is 0 Å². The summed E-state index contributed by atoms with van der Waals surface area (Å²) in [5.74, 6) is 0.809. The molecule has 9 heteroatoms. The maximum atomic E-state index is 14.6. The fourth-order valence-electron chi connectivity index (χ4n) is 7.92. The Hall–Kier alpha value is -6.06. The summed E-state index contributed by atoms with van der Waals surface area (Å²) in [5.41, 5.74) is 15.7. The van der Waals surface area contributed by atoms with Gasteiger partial charge >= 0.3 is 0 Å². The van der Waals surface area contributed by atoms with Crippen molar-refractivity contribution >= 4 is 17.1 Å². The molecule has 1 fully saturated rings. The van der Waals surface area contributed by atoms with E-state index in [0.717, 1.165) is 63.5 Å². The molecule has 0 saturated carbocycles. The van der Waals surface area contributed by atoms with Crippen LogP contribution in [0.5, 0.6) is 5.75 Å². The summed E-state index contributed by atoms with van der Waals surface area (Å²) in [7, 11) is 1.68. The number of ether oxygens (including phenoxy) is 2. The second kappa shape index (κ2) is 12.7. The number of hydrogen-bond acceptors (Lipinski definition) is 8. The summed E-state index contributed by atoms with van der Waals surface area (Å²) in [6, 6.07) is 43.9. The van der Waals surface area contributed by atoms with Crippen LogP contribution in [0.15, 0.2) is 138 Å². The number of benzene rings is 4. The Morgan fingerprint density at radius 2 is 1.39 bits per heavy atom. The second-order valence-electron chi connectivity index (χ2n) is 13.2. The summed E-state index contributed by atoms with van der Waals surface area (Å²) >= 11 is 0. The van der Waals surface area contributed by atoms with E-state index in [-0.39, 0.29) is 11.6 Å². The molecule has 254 valence electrons. The predicted octanol–water partition coefficient (Wildman–Crippen LogP) is 7.17. The molecule has 0 aromatic heterocycles. The van der Waals surface area contributed by atoms with E-state index in [1.165, 1.54) is 0 Å². The number of methoxy groups -OCH3 is 1. The van der Waals surface area contributed by atoms with Gasteiger partial charge in [-0.05, 0) is 59.4 Å². The molecule has 0 radical (unpaired) electrons. The lowest BCUT2D eigenvalue weighted by Crippen LogP contribution is -2.49. The molecule has 0 atom stereocenters. The van der Waals surface area contributed by atoms with Crippen LogP contribution in [0.4, 0.5) is 11.4 Å². The van der Waals surface area contributed by atoms with Crippen LogP contribution in [-0.2, 0) is 16.8 Å². The fourth-order valence-corrected chi connectivity index (χ4v) is 7.92. The third-order valence-corrected chi connectivity index (χ3v) is 10.4. The Labute approximate surface area is 296 Å². The molecule has 9 nitrogen and oxygen atoms in total. The van der Waals surface area contributed by atoms with E-state index in [0.29, 0.717) is 31.0 Å². The minimum atomic E-state index is -0.837. The number of hydrogen-bond donors (Lipinski definition) is 2. The number of nitrogens with one attached hydrogen (secondary N) is 2. The van der Waals surface area contributed by atoms with Crippen LogP contribution >= 0.6 is 0 Å². The van der Waals surface area contributed by atoms with Crippen molar-refractivity contribution in [2.75, 3.05) is 30.8 Å². The van der Waals surface area contributed by atoms with Gasteiger partial charge in [0.25, 0.3) is 5.56 Å². The van der Waals surface area contributed by atoms with Gasteiger partial charge in [0.2, 0.25) is 0 Å². The average molecular weight is 675 g/mol. The van der Waals surface area contributed by atoms with Gasteiger partial charge in [-0.1, -0.05) is 103 Å². The van der Waals surface area contributed by atoms with Crippen molar-refractivity contribution in [2.45, 2.75) is 31.0 Å². The van der Waals surface area contributed by atoms with Crippen molar-refractivity contribution in [1.29, 1.82) is 0 Å². The lowest BCUT2D eigenvalue weighted by atomic mass is 9.76. The number of fused-ring (bicyclic) bond motifs is 2. The molecule has 4 aromatic rings. The van der Waals surface area contributed by atoms with Crippen LogP contribution in [0.1, 0.15) is 46.7 Å². The number of nitrogens with zero attached hydrogens (tertiary/aromatic N) is 4. The van der Waals surface area contributed by atoms with E-state index in [9.17, 15) is 4.79 Å². The van der Waals surface area contributed by atoms with Crippen molar-refractivity contribution in [3.63, 3.8) is 0 Å². The van der Waals surface area contributed by atoms with E-state index in [1.807, 2.05) is 36.4 Å². The largest absolute Gasteiger partial charge is 0.497 e. The molecule has 0 spiro atoms. The Balaban J connectivity index is 1.29. The molecule has 4 aromatic carbocycles. The molecule has 51 heavy (non-hydrogen) atoms. The normalized spacial score (nSPS) is 15.6. The first-order valence-electron chi connectivity index (χ1n) is 17.4. The van der Waals surface area contributed by atoms with Crippen LogP contribution in [0.25, 0.3) is 17.0 Å². The highest BCUT2D eigenvalue weighted by Gasteiger charge is 2.49. The molecule has 9 rings (SSSR count). The highest BCUT2D eigenvalue weighted by atomic mass is 16.5. The van der Waals surface area contributed by atoms with Crippen molar-refractivity contribution < 1.29 is 9.47 Å². The SMILES string of the molecule is COc1ccc(CN2NC=C3c4c2ccc2nn(C5CCOCC5)c(=O)c-2c4NN3C(c2ccccc2)(c2ccccc2)c2ccccc2)cc1. The summed E-state index contributed by atoms with van der Waals surface area (Å²) in [6.07, 6.45) is 3.57. The second-order valence-corrected chi connectivity index (χ2v) is 13.2. The van der Waals surface area contributed by atoms with Gasteiger partial charge in [0.05, 0.1) is 53.6 Å². The third-order valence-electron chi connectivity index (χ3n) is 10.4. The first-order chi connectivity index (χ1) is 25.2. The van der Waals surface area contributed by atoms with Crippen LogP contribution in [-0.4, -0.2) is 35.1 Å². The van der Waals surface area contributed by atoms with Gasteiger partial charge in [0.15, 0.2) is 0 Å². The molecule has 4 heterocycles. The van der Waals surface area contributed by atoms with Crippen LogP contribution < -0.4 is 26.2 Å². The smallest absolute Gasteiger partial charge is 0.278 e. The minimum absolute atomic E-state index is 0.00946. The molecule has 4 aliphatic heterocycles. The Bertz CT molecular complexity index is 2140. The van der Waals surface area contributed by atoms with E-state index >= 15 is 0 Å². The van der Waals surface area contributed by atoms with Crippen LogP contribution in [0, 0.1) is 0 Å². The van der Waals surface area contributed by atoms with Gasteiger partial charge < -0.3 is 14.9 Å². The van der Waals surface area contributed by atoms with E-state index < -0.39 is 5.54 Å². The monoisotopic (exact) mass is 674 g/mol. The number of anilines is 2. The minimum Gasteiger partial charge on any atom is -0.497 e. The zero-order chi connectivity index (χ0) is 34.4. The zero-order valence-electron chi connectivity index (χ0n) is 28.3. The highest BCUT2D eigenvalue weighted by Crippen LogP contribution is 2.54. The number of rotatable bonds is 8. The van der Waals surface area contributed by atoms with Gasteiger partial charge in [-0.15, -0.1) is 0 Å². The quantitative estimate of drug-likeness (QED) is 0.165. The van der Waals surface area contributed by atoms with Crippen molar-refractivity contribution in [3.8, 4) is 17.0 Å². The van der Waals surface area contributed by atoms with Crippen molar-refractivity contribution in [1.82, 2.24) is 20.2 Å². The van der Waals surface area contributed by atoms with Crippen molar-refractivity contribution in [3.05, 3.63) is 172 Å². The highest BCUT2D eigenvalue weighted by molar-refractivity contribution is 5.97. The average Bonchev–Trinajstić information content (AvgIpc) is 3.68. The number of aromatic nitrogens is 2. The summed E-state index contributed by atoms with van der Waals surface area (Å²) in [6.45, 7) is 1.82. The zero-order valence-corrected chi connectivity index (χ0v) is 28.3. The Morgan fingerprint density at radius 3 is 1.98 bits per heavy atom. The lowest BCUT2D eigenvalue weighted by molar-refractivity contribution is 0.0655. The van der Waals surface area contributed by atoms with Crippen LogP contribution in [0.3, 0.4) is 0 Å². The molecule has 5 aliphatic rings. The maximum Gasteiger partial charge on any atom is 0.278 e. The Morgan fingerprint density at radius 1 is 0.784 bits per heavy atom. The maximum absolute atomic E-state index is 14.6. The molecule has 0 bridgehead atoms. The van der Waals surface area contributed by atoms with Gasteiger partial charge in [0.1, 0.15) is 11.3 Å². The van der Waals surface area contributed by atoms with Gasteiger partial charge in [-0.3, -0.25) is 20.2 Å². The topological polar surface area (TPSA) is 83.9 Å². The van der Waals surface area contributed by atoms with Gasteiger partial charge in [0, 0.05) is 19.4 Å². The summed E-state index contributed by atoms with van der Waals surface area (Å²) in [4.78, 5) is 14.6. The molecule has 1 saturated heterocycles. The van der Waals surface area contributed by atoms with Gasteiger partial charge in [-0.25, -0.2) is 4.68 Å². The van der Waals surface area contributed by atoms with E-state index in [1.54, 1.807) is 11.8 Å².